The van der Waals surface area contributed by atoms with Gasteiger partial charge in [0, 0.05) is 13.1 Å². The molecule has 166 valence electrons. The lowest BCUT2D eigenvalue weighted by molar-refractivity contribution is -0.0511. The standard InChI is InChI=1S/C17H27N7O6/c1-17(2,3)30-16(28)20-5-4-19-15-22-12(18)9-13(23-15)24(7-21-9)14-11(27)10(26)8(6-25)29-14/h7-8,10-11,14,25-27H,4-6H2,1-3H3,(H,20,28)(H3,18,19,22,23). The van der Waals surface area contributed by atoms with E-state index in [2.05, 4.69) is 25.6 Å². The van der Waals surface area contributed by atoms with E-state index in [1.807, 2.05) is 0 Å². The monoisotopic (exact) mass is 425 g/mol. The highest BCUT2D eigenvalue weighted by molar-refractivity contribution is 5.83. The van der Waals surface area contributed by atoms with Crippen LogP contribution in [0.2, 0.25) is 0 Å². The first-order valence-electron chi connectivity index (χ1n) is 9.44. The molecule has 1 amide bonds. The Bertz CT molecular complexity index is 899. The number of alkyl carbamates (subject to hydrolysis) is 1. The molecule has 0 aromatic carbocycles. The predicted octanol–water partition coefficient (Wildman–Crippen LogP) is -1.04. The number of fused-ring (bicyclic) bond motifs is 1. The molecule has 0 saturated carbocycles. The molecule has 1 aliphatic heterocycles. The second kappa shape index (κ2) is 8.55. The molecule has 13 heteroatoms. The number of ether oxygens (including phenoxy) is 2. The van der Waals surface area contributed by atoms with Crippen LogP contribution in [0.1, 0.15) is 27.0 Å². The van der Waals surface area contributed by atoms with Gasteiger partial charge < -0.3 is 41.2 Å². The Labute approximate surface area is 172 Å². The van der Waals surface area contributed by atoms with Gasteiger partial charge in [0.05, 0.1) is 12.9 Å². The van der Waals surface area contributed by atoms with Crippen LogP contribution >= 0.6 is 0 Å². The molecule has 2 aromatic heterocycles. The van der Waals surface area contributed by atoms with Crippen molar-refractivity contribution in [2.45, 2.75) is 50.9 Å². The Kier molecular flexibility index (Phi) is 6.26. The Hall–Kier alpha value is -2.74. The fourth-order valence-corrected chi connectivity index (χ4v) is 2.97. The van der Waals surface area contributed by atoms with E-state index in [9.17, 15) is 20.1 Å². The minimum Gasteiger partial charge on any atom is -0.444 e. The lowest BCUT2D eigenvalue weighted by Gasteiger charge is -2.19. The number of aromatic nitrogens is 4. The van der Waals surface area contributed by atoms with Gasteiger partial charge in [0.2, 0.25) is 5.95 Å². The summed E-state index contributed by atoms with van der Waals surface area (Å²) in [6.07, 6.45) is -3.65. The molecule has 3 heterocycles. The molecule has 0 spiro atoms. The van der Waals surface area contributed by atoms with E-state index in [0.29, 0.717) is 12.1 Å². The highest BCUT2D eigenvalue weighted by atomic mass is 16.6. The minimum atomic E-state index is -1.29. The van der Waals surface area contributed by atoms with Crippen molar-refractivity contribution in [3.05, 3.63) is 6.33 Å². The number of nitrogen functional groups attached to an aromatic ring is 1. The van der Waals surface area contributed by atoms with Crippen LogP contribution in [0.5, 0.6) is 0 Å². The van der Waals surface area contributed by atoms with Gasteiger partial charge >= 0.3 is 6.09 Å². The maximum Gasteiger partial charge on any atom is 0.407 e. The zero-order chi connectivity index (χ0) is 22.1. The topological polar surface area (TPSA) is 190 Å². The number of nitrogens with zero attached hydrogens (tertiary/aromatic N) is 4. The van der Waals surface area contributed by atoms with Gasteiger partial charge in [0.1, 0.15) is 29.4 Å². The number of amides is 1. The van der Waals surface area contributed by atoms with Crippen molar-refractivity contribution in [2.75, 3.05) is 30.7 Å². The first-order chi connectivity index (χ1) is 14.1. The van der Waals surface area contributed by atoms with Crippen molar-refractivity contribution in [3.8, 4) is 0 Å². The zero-order valence-corrected chi connectivity index (χ0v) is 16.9. The molecule has 7 N–H and O–H groups in total. The smallest absolute Gasteiger partial charge is 0.407 e. The molecule has 0 radical (unpaired) electrons. The van der Waals surface area contributed by atoms with Gasteiger partial charge in [0.25, 0.3) is 0 Å². The summed E-state index contributed by atoms with van der Waals surface area (Å²) in [7, 11) is 0. The van der Waals surface area contributed by atoms with Gasteiger partial charge in [-0.2, -0.15) is 9.97 Å². The number of aliphatic hydroxyl groups is 3. The molecule has 0 bridgehead atoms. The molecule has 4 unspecified atom stereocenters. The normalized spacial score (nSPS) is 24.2. The van der Waals surface area contributed by atoms with Gasteiger partial charge in [0.15, 0.2) is 17.7 Å². The second-order valence-electron chi connectivity index (χ2n) is 7.84. The van der Waals surface area contributed by atoms with Crippen LogP contribution in [0.15, 0.2) is 6.33 Å². The fraction of sp³-hybridized carbons (Fsp3) is 0.647. The number of nitrogens with two attached hydrogens (primary N) is 1. The number of carbonyl (C=O) groups excluding carboxylic acids is 1. The van der Waals surface area contributed by atoms with E-state index in [1.54, 1.807) is 20.8 Å². The van der Waals surface area contributed by atoms with Crippen LogP contribution in [0.25, 0.3) is 11.2 Å². The summed E-state index contributed by atoms with van der Waals surface area (Å²) in [6.45, 7) is 5.41. The Morgan fingerprint density at radius 2 is 2.03 bits per heavy atom. The van der Waals surface area contributed by atoms with Gasteiger partial charge in [-0.25, -0.2) is 9.78 Å². The van der Waals surface area contributed by atoms with E-state index < -0.39 is 42.8 Å². The van der Waals surface area contributed by atoms with Gasteiger partial charge in [-0.05, 0) is 20.8 Å². The average Bonchev–Trinajstić information content (AvgIpc) is 3.19. The van der Waals surface area contributed by atoms with Gasteiger partial charge in [-0.3, -0.25) is 4.57 Å². The molecular weight excluding hydrogens is 398 g/mol. The molecule has 2 aromatic rings. The highest BCUT2D eigenvalue weighted by Gasteiger charge is 2.44. The first kappa shape index (κ1) is 22.0. The predicted molar refractivity (Wildman–Crippen MR) is 105 cm³/mol. The lowest BCUT2D eigenvalue weighted by atomic mass is 10.1. The van der Waals surface area contributed by atoms with Crippen molar-refractivity contribution in [3.63, 3.8) is 0 Å². The molecular formula is C17H27N7O6. The van der Waals surface area contributed by atoms with Gasteiger partial charge in [-0.1, -0.05) is 0 Å². The summed E-state index contributed by atoms with van der Waals surface area (Å²) >= 11 is 0. The number of rotatable bonds is 6. The zero-order valence-electron chi connectivity index (χ0n) is 16.9. The maximum atomic E-state index is 11.7. The third-order valence-corrected chi connectivity index (χ3v) is 4.32. The maximum absolute atomic E-state index is 11.7. The Balaban J connectivity index is 1.69. The average molecular weight is 425 g/mol. The summed E-state index contributed by atoms with van der Waals surface area (Å²) in [6, 6.07) is 0. The van der Waals surface area contributed by atoms with Crippen LogP contribution in [0, 0.1) is 0 Å². The molecule has 4 atom stereocenters. The number of imidazole rings is 1. The van der Waals surface area contributed by atoms with E-state index in [0.717, 1.165) is 0 Å². The third kappa shape index (κ3) is 4.70. The van der Waals surface area contributed by atoms with Crippen molar-refractivity contribution < 1.29 is 29.6 Å². The minimum absolute atomic E-state index is 0.105. The second-order valence-corrected chi connectivity index (χ2v) is 7.84. The van der Waals surface area contributed by atoms with Crippen LogP contribution in [0.4, 0.5) is 16.6 Å². The number of hydrogen-bond acceptors (Lipinski definition) is 11. The molecule has 13 nitrogen and oxygen atoms in total. The molecule has 0 aliphatic carbocycles. The SMILES string of the molecule is CC(C)(C)OC(=O)NCCNc1nc(N)c2ncn(C3OC(CO)C(O)C3O)c2n1. The van der Waals surface area contributed by atoms with Gasteiger partial charge in [-0.15, -0.1) is 0 Å². The molecule has 1 fully saturated rings. The Morgan fingerprint density at radius 3 is 2.67 bits per heavy atom. The molecule has 1 saturated heterocycles. The van der Waals surface area contributed by atoms with E-state index in [1.165, 1.54) is 10.9 Å². The quantitative estimate of drug-likeness (QED) is 0.310. The van der Waals surface area contributed by atoms with Crippen molar-refractivity contribution in [1.29, 1.82) is 0 Å². The third-order valence-electron chi connectivity index (χ3n) is 4.32. The van der Waals surface area contributed by atoms with Crippen LogP contribution < -0.4 is 16.4 Å². The number of nitrogens with one attached hydrogen (secondary N) is 2. The van der Waals surface area contributed by atoms with Crippen LogP contribution in [-0.2, 0) is 9.47 Å². The molecule has 3 rings (SSSR count). The van der Waals surface area contributed by atoms with Crippen LogP contribution in [0.3, 0.4) is 0 Å². The van der Waals surface area contributed by atoms with Crippen LogP contribution in [-0.4, -0.2) is 84.5 Å². The summed E-state index contributed by atoms with van der Waals surface area (Å²) in [5.41, 5.74) is 5.94. The number of hydrogen-bond donors (Lipinski definition) is 6. The largest absolute Gasteiger partial charge is 0.444 e. The number of anilines is 2. The van der Waals surface area contributed by atoms with E-state index in [4.69, 9.17) is 15.2 Å². The van der Waals surface area contributed by atoms with Crippen molar-refractivity contribution in [2.24, 2.45) is 0 Å². The summed E-state index contributed by atoms with van der Waals surface area (Å²) in [5, 5.41) is 35.1. The Morgan fingerprint density at radius 1 is 1.30 bits per heavy atom. The van der Waals surface area contributed by atoms with Crippen molar-refractivity contribution >= 4 is 29.0 Å². The molecule has 1 aliphatic rings. The molecule has 30 heavy (non-hydrogen) atoms. The number of aliphatic hydroxyl groups excluding tert-OH is 3. The van der Waals surface area contributed by atoms with Crippen molar-refractivity contribution in [1.82, 2.24) is 24.8 Å². The summed E-state index contributed by atoms with van der Waals surface area (Å²) < 4.78 is 12.1. The van der Waals surface area contributed by atoms with E-state index >= 15 is 0 Å². The number of carbonyl (C=O) groups is 1. The summed E-state index contributed by atoms with van der Waals surface area (Å²) in [4.78, 5) is 24.3. The lowest BCUT2D eigenvalue weighted by Crippen LogP contribution is -2.35. The highest BCUT2D eigenvalue weighted by Crippen LogP contribution is 2.32. The first-order valence-corrected chi connectivity index (χ1v) is 9.44. The summed E-state index contributed by atoms with van der Waals surface area (Å²) in [5.74, 6) is 0.285. The van der Waals surface area contributed by atoms with E-state index in [-0.39, 0.29) is 24.0 Å². The fourth-order valence-electron chi connectivity index (χ4n) is 2.97.